The van der Waals surface area contributed by atoms with Crippen molar-refractivity contribution in [2.75, 3.05) is 0 Å². The number of allylic oxidation sites excluding steroid dienone is 4. The Morgan fingerprint density at radius 3 is 2.26 bits per heavy atom. The third-order valence-electron chi connectivity index (χ3n) is 2.97. The van der Waals surface area contributed by atoms with E-state index in [1.165, 1.54) is 0 Å². The van der Waals surface area contributed by atoms with Gasteiger partial charge in [-0.25, -0.2) is 0 Å². The molecule has 1 aliphatic rings. The number of nitriles is 2. The summed E-state index contributed by atoms with van der Waals surface area (Å²) in [6.45, 7) is 1.95. The SMILES string of the molecule is CC/C(I)=C1\C(=O)c2ccccc2C1=C(C#N)C#N. The molecule has 1 aromatic rings. The first-order valence-corrected chi connectivity index (χ1v) is 6.81. The molecule has 1 aliphatic carbocycles. The summed E-state index contributed by atoms with van der Waals surface area (Å²) < 4.78 is 0.872. The lowest BCUT2D eigenvalue weighted by Crippen LogP contribution is -1.97. The summed E-state index contributed by atoms with van der Waals surface area (Å²) in [5.41, 5.74) is 2.23. The van der Waals surface area contributed by atoms with Crippen LogP contribution in [-0.4, -0.2) is 5.78 Å². The fourth-order valence-corrected chi connectivity index (χ4v) is 2.63. The zero-order chi connectivity index (χ0) is 14.0. The van der Waals surface area contributed by atoms with Crippen molar-refractivity contribution in [1.29, 1.82) is 10.5 Å². The van der Waals surface area contributed by atoms with Crippen LogP contribution in [0.15, 0.2) is 39.0 Å². The normalized spacial score (nSPS) is 15.6. The number of carbonyl (C=O) groups is 1. The van der Waals surface area contributed by atoms with Crippen LogP contribution in [-0.2, 0) is 0 Å². The van der Waals surface area contributed by atoms with Crippen molar-refractivity contribution in [1.82, 2.24) is 0 Å². The zero-order valence-corrected chi connectivity index (χ0v) is 12.4. The van der Waals surface area contributed by atoms with Crippen molar-refractivity contribution in [2.24, 2.45) is 0 Å². The van der Waals surface area contributed by atoms with Crippen molar-refractivity contribution in [3.05, 3.63) is 50.1 Å². The Morgan fingerprint density at radius 2 is 1.74 bits per heavy atom. The number of benzene rings is 1. The highest BCUT2D eigenvalue weighted by Crippen LogP contribution is 2.42. The van der Waals surface area contributed by atoms with Gasteiger partial charge in [0.05, 0.1) is 0 Å². The van der Waals surface area contributed by atoms with E-state index in [4.69, 9.17) is 10.5 Å². The number of hydrogen-bond donors (Lipinski definition) is 0. The van der Waals surface area contributed by atoms with Gasteiger partial charge in [-0.3, -0.25) is 4.79 Å². The Hall–Kier alpha value is -1.92. The first-order chi connectivity index (χ1) is 9.15. The molecule has 3 nitrogen and oxygen atoms in total. The summed E-state index contributed by atoms with van der Waals surface area (Å²) in [4.78, 5) is 12.4. The molecule has 4 heteroatoms. The predicted molar refractivity (Wildman–Crippen MR) is 80.3 cm³/mol. The third kappa shape index (κ3) is 2.09. The van der Waals surface area contributed by atoms with Gasteiger partial charge in [-0.05, 0) is 34.6 Å². The van der Waals surface area contributed by atoms with Gasteiger partial charge in [-0.2, -0.15) is 10.5 Å². The molecule has 0 aromatic heterocycles. The number of ketones is 1. The quantitative estimate of drug-likeness (QED) is 0.435. The number of hydrogen-bond acceptors (Lipinski definition) is 3. The molecule has 0 saturated heterocycles. The first-order valence-electron chi connectivity index (χ1n) is 5.73. The first kappa shape index (κ1) is 13.5. The van der Waals surface area contributed by atoms with Crippen molar-refractivity contribution in [2.45, 2.75) is 13.3 Å². The average molecular weight is 360 g/mol. The summed E-state index contributed by atoms with van der Waals surface area (Å²) in [6.07, 6.45) is 0.698. The molecule has 0 N–H and O–H groups in total. The van der Waals surface area contributed by atoms with Crippen LogP contribution in [0.2, 0.25) is 0 Å². The van der Waals surface area contributed by atoms with Gasteiger partial charge in [0.15, 0.2) is 5.78 Å². The van der Waals surface area contributed by atoms with E-state index < -0.39 is 0 Å². The molecule has 0 unspecified atom stereocenters. The van der Waals surface area contributed by atoms with Crippen LogP contribution >= 0.6 is 22.6 Å². The molecule has 0 saturated carbocycles. The van der Waals surface area contributed by atoms with E-state index in [2.05, 4.69) is 22.6 Å². The van der Waals surface area contributed by atoms with Crippen molar-refractivity contribution < 1.29 is 4.79 Å². The average Bonchev–Trinajstić information content (AvgIpc) is 2.74. The highest BCUT2D eigenvalue weighted by Gasteiger charge is 2.33. The van der Waals surface area contributed by atoms with Gasteiger partial charge in [0, 0.05) is 20.3 Å². The van der Waals surface area contributed by atoms with Gasteiger partial charge in [0.25, 0.3) is 0 Å². The topological polar surface area (TPSA) is 64.7 Å². The van der Waals surface area contributed by atoms with Crippen LogP contribution in [0.25, 0.3) is 5.57 Å². The van der Waals surface area contributed by atoms with E-state index in [-0.39, 0.29) is 11.4 Å². The zero-order valence-electron chi connectivity index (χ0n) is 10.2. The lowest BCUT2D eigenvalue weighted by Gasteiger charge is -2.04. The maximum absolute atomic E-state index is 12.4. The Balaban J connectivity index is 2.90. The van der Waals surface area contributed by atoms with Crippen LogP contribution < -0.4 is 0 Å². The Morgan fingerprint density at radius 1 is 1.16 bits per heavy atom. The minimum atomic E-state index is -0.0974. The molecule has 0 atom stereocenters. The van der Waals surface area contributed by atoms with Crippen LogP contribution in [0, 0.1) is 22.7 Å². The van der Waals surface area contributed by atoms with Gasteiger partial charge in [0.1, 0.15) is 17.7 Å². The van der Waals surface area contributed by atoms with Crippen molar-refractivity contribution >= 4 is 33.9 Å². The minimum Gasteiger partial charge on any atom is -0.289 e. The smallest absolute Gasteiger partial charge is 0.195 e. The molecule has 19 heavy (non-hydrogen) atoms. The molecule has 0 heterocycles. The third-order valence-corrected chi connectivity index (χ3v) is 4.28. The number of rotatable bonds is 1. The molecular weight excluding hydrogens is 351 g/mol. The van der Waals surface area contributed by atoms with E-state index in [1.54, 1.807) is 24.3 Å². The molecule has 0 bridgehead atoms. The van der Waals surface area contributed by atoms with Gasteiger partial charge < -0.3 is 0 Å². The highest BCUT2D eigenvalue weighted by atomic mass is 127. The summed E-state index contributed by atoms with van der Waals surface area (Å²) in [5, 5.41) is 18.2. The molecule has 0 fully saturated rings. The highest BCUT2D eigenvalue weighted by molar-refractivity contribution is 14.1. The summed E-state index contributed by atoms with van der Waals surface area (Å²) in [7, 11) is 0. The fraction of sp³-hybridized carbons (Fsp3) is 0.133. The van der Waals surface area contributed by atoms with Crippen molar-refractivity contribution in [3.8, 4) is 12.1 Å². The number of Topliss-reactive ketones (excluding diaryl/α,β-unsaturated/α-hetero) is 1. The number of halogens is 1. The second-order valence-electron chi connectivity index (χ2n) is 3.98. The lowest BCUT2D eigenvalue weighted by atomic mass is 9.99. The van der Waals surface area contributed by atoms with E-state index in [0.29, 0.717) is 28.7 Å². The van der Waals surface area contributed by atoms with E-state index >= 15 is 0 Å². The second kappa shape index (κ2) is 5.38. The summed E-state index contributed by atoms with van der Waals surface area (Å²) >= 11 is 2.11. The van der Waals surface area contributed by atoms with E-state index in [9.17, 15) is 4.79 Å². The summed E-state index contributed by atoms with van der Waals surface area (Å²) in [5.74, 6) is -0.0974. The molecule has 0 radical (unpaired) electrons. The number of fused-ring (bicyclic) bond motifs is 1. The molecule has 0 amide bonds. The molecule has 92 valence electrons. The van der Waals surface area contributed by atoms with Crippen molar-refractivity contribution in [3.63, 3.8) is 0 Å². The van der Waals surface area contributed by atoms with Gasteiger partial charge in [-0.15, -0.1) is 0 Å². The fourth-order valence-electron chi connectivity index (χ4n) is 2.11. The van der Waals surface area contributed by atoms with E-state index in [0.717, 1.165) is 3.58 Å². The maximum atomic E-state index is 12.4. The predicted octanol–water partition coefficient (Wildman–Crippen LogP) is 3.78. The molecule has 1 aromatic carbocycles. The van der Waals surface area contributed by atoms with E-state index in [1.807, 2.05) is 19.1 Å². The second-order valence-corrected chi connectivity index (χ2v) is 5.28. The van der Waals surface area contributed by atoms with Gasteiger partial charge in [-0.1, -0.05) is 31.2 Å². The van der Waals surface area contributed by atoms with Crippen LogP contribution in [0.4, 0.5) is 0 Å². The summed E-state index contributed by atoms with van der Waals surface area (Å²) in [6, 6.07) is 10.9. The Bertz CT molecular complexity index is 698. The Kier molecular flexibility index (Phi) is 3.82. The van der Waals surface area contributed by atoms with Crippen LogP contribution in [0.5, 0.6) is 0 Å². The number of carbonyl (C=O) groups excluding carboxylic acids is 1. The standard InChI is InChI=1S/C15H9IN2O/c1-2-12(16)14-13(9(7-17)8-18)10-5-3-4-6-11(10)15(14)19/h3-6H,2H2,1H3/b14-12+. The molecule has 2 rings (SSSR count). The molecule has 0 aliphatic heterocycles. The van der Waals surface area contributed by atoms with Gasteiger partial charge >= 0.3 is 0 Å². The number of nitrogens with zero attached hydrogens (tertiary/aromatic N) is 2. The molecular formula is C15H9IN2O. The lowest BCUT2D eigenvalue weighted by molar-refractivity contribution is 0.104. The van der Waals surface area contributed by atoms with Crippen LogP contribution in [0.1, 0.15) is 29.3 Å². The minimum absolute atomic E-state index is 0.00378. The van der Waals surface area contributed by atoms with Gasteiger partial charge in [0.2, 0.25) is 0 Å². The monoisotopic (exact) mass is 360 g/mol. The largest absolute Gasteiger partial charge is 0.289 e. The Labute approximate surface area is 125 Å². The maximum Gasteiger partial charge on any atom is 0.195 e. The van der Waals surface area contributed by atoms with Crippen LogP contribution in [0.3, 0.4) is 0 Å². The molecule has 0 spiro atoms.